The van der Waals surface area contributed by atoms with Gasteiger partial charge in [0.25, 0.3) is 0 Å². The molecule has 3 saturated heterocycles. The molecular formula is C62H102FN3O16. The fraction of sp³-hybridized carbons (Fsp3) is 0.871. The van der Waals surface area contributed by atoms with Crippen LogP contribution in [0.4, 0.5) is 4.39 Å². The molecule has 468 valence electrons. The van der Waals surface area contributed by atoms with Crippen LogP contribution >= 0.6 is 0 Å². The van der Waals surface area contributed by atoms with Crippen LogP contribution in [0.1, 0.15) is 161 Å². The number of esters is 1. The smallest absolute Gasteiger partial charge is 0.311 e. The first-order valence-corrected chi connectivity index (χ1v) is 30.5. The summed E-state index contributed by atoms with van der Waals surface area (Å²) in [5.74, 6) is -6.13. The number of nitrogens with zero attached hydrogens (tertiary/aromatic N) is 1. The third-order valence-corrected chi connectivity index (χ3v) is 21.9. The van der Waals surface area contributed by atoms with Gasteiger partial charge in [-0.3, -0.25) is 19.2 Å². The molecule has 0 aromatic carbocycles. The predicted octanol–water partition coefficient (Wildman–Crippen LogP) is 4.97. The lowest BCUT2D eigenvalue weighted by Gasteiger charge is -2.61. The lowest BCUT2D eigenvalue weighted by Crippen LogP contribution is -2.67. The zero-order chi connectivity index (χ0) is 61.2. The molecule has 6 fully saturated rings. The molecule has 3 aliphatic heterocycles. The second-order valence-corrected chi connectivity index (χ2v) is 27.5. The van der Waals surface area contributed by atoms with Gasteiger partial charge in [-0.1, -0.05) is 53.2 Å². The monoisotopic (exact) mass is 1160 g/mol. The lowest BCUT2D eigenvalue weighted by molar-refractivity contribution is -0.338. The van der Waals surface area contributed by atoms with Crippen molar-refractivity contribution in [2.45, 2.75) is 263 Å². The number of carbonyl (C=O) groups is 4. The van der Waals surface area contributed by atoms with Crippen LogP contribution < -0.4 is 10.6 Å². The van der Waals surface area contributed by atoms with Crippen molar-refractivity contribution in [2.75, 3.05) is 27.2 Å². The van der Waals surface area contributed by atoms with E-state index < -0.39 is 142 Å². The Hall–Kier alpha value is -2.99. The molecule has 0 bridgehead atoms. The Kier molecular flexibility index (Phi) is 20.0. The van der Waals surface area contributed by atoms with Crippen LogP contribution in [-0.2, 0) is 47.6 Å². The average molecular weight is 1160 g/mol. The average Bonchev–Trinajstić information content (AvgIpc) is 1.29. The van der Waals surface area contributed by atoms with Gasteiger partial charge in [-0.15, -0.1) is 0 Å². The van der Waals surface area contributed by atoms with Crippen molar-refractivity contribution in [3.63, 3.8) is 0 Å². The van der Waals surface area contributed by atoms with E-state index in [4.69, 9.17) is 28.4 Å². The van der Waals surface area contributed by atoms with Crippen molar-refractivity contribution in [3.8, 4) is 0 Å². The summed E-state index contributed by atoms with van der Waals surface area (Å²) in [4.78, 5) is 57.4. The molecule has 7 aliphatic rings. The molecule has 3 saturated carbocycles. The SMILES string of the molecule is CC[C@H]1OC(=O)[C@H](C)[C@@H](OC2C[C@@](C)(OC)[C@](O)(CCCNC(=O)[C@H]3[C@H](C)CC4C5CCC6=CC(=O)C=C[C@]6(C)[C@@]5(F)[C@@H](O)C[C@@]43C)[C@H](C)O2)[C@@H](C)[C@@H](OC2O[C@H](C)C[C@H](N(C)CC)[C@H]2O)[C@](C)(O)C[C@@H](C)C(=O)N[C@H](C)[C@@H](O)[C@]1(C)O. The number of likely N-dealkylation sites (N-methyl/N-ethyl adjacent to an activating group) is 1. The van der Waals surface area contributed by atoms with Crippen LogP contribution in [0.5, 0.6) is 0 Å². The number of cyclic esters (lactones) is 1. The van der Waals surface area contributed by atoms with Gasteiger partial charge in [-0.25, -0.2) is 4.39 Å². The van der Waals surface area contributed by atoms with Crippen LogP contribution in [0.3, 0.4) is 0 Å². The van der Waals surface area contributed by atoms with Crippen LogP contribution in [0.2, 0.25) is 0 Å². The molecule has 8 N–H and O–H groups in total. The Labute approximate surface area is 486 Å². The predicted molar refractivity (Wildman–Crippen MR) is 302 cm³/mol. The van der Waals surface area contributed by atoms with Crippen molar-refractivity contribution in [1.82, 2.24) is 15.5 Å². The van der Waals surface area contributed by atoms with E-state index in [0.717, 1.165) is 0 Å². The summed E-state index contributed by atoms with van der Waals surface area (Å²) in [7, 11) is 3.36. The first-order valence-electron chi connectivity index (χ1n) is 30.5. The second-order valence-electron chi connectivity index (χ2n) is 27.5. The normalized spacial score (nSPS) is 49.5. The number of alkyl halides is 1. The summed E-state index contributed by atoms with van der Waals surface area (Å²) < 4.78 is 56.7. The van der Waals surface area contributed by atoms with E-state index in [-0.39, 0.29) is 74.3 Å². The molecule has 19 nitrogen and oxygen atoms in total. The van der Waals surface area contributed by atoms with Crippen LogP contribution in [0.25, 0.3) is 0 Å². The number of halogens is 1. The Morgan fingerprint density at radius 3 is 2.22 bits per heavy atom. The quantitative estimate of drug-likeness (QED) is 0.0893. The van der Waals surface area contributed by atoms with Gasteiger partial charge in [-0.05, 0) is 156 Å². The Bertz CT molecular complexity index is 2370. The maximum atomic E-state index is 17.8. The van der Waals surface area contributed by atoms with Crippen molar-refractivity contribution in [3.05, 3.63) is 23.8 Å². The second kappa shape index (κ2) is 24.6. The molecule has 2 amide bonds. The number of hydrogen-bond donors (Lipinski definition) is 8. The van der Waals surface area contributed by atoms with Gasteiger partial charge in [0.15, 0.2) is 24.0 Å². The molecule has 7 rings (SSSR count). The van der Waals surface area contributed by atoms with E-state index in [1.165, 1.54) is 40.0 Å². The number of fused-ring (bicyclic) bond motifs is 5. The van der Waals surface area contributed by atoms with E-state index in [0.29, 0.717) is 44.2 Å². The largest absolute Gasteiger partial charge is 0.459 e. The first-order chi connectivity index (χ1) is 38.0. The first kappa shape index (κ1) is 66.5. The van der Waals surface area contributed by atoms with Gasteiger partial charge in [0, 0.05) is 55.2 Å². The summed E-state index contributed by atoms with van der Waals surface area (Å²) in [5, 5.41) is 78.6. The molecule has 3 heterocycles. The molecule has 82 heavy (non-hydrogen) atoms. The highest BCUT2D eigenvalue weighted by Gasteiger charge is 2.72. The minimum atomic E-state index is -2.05. The van der Waals surface area contributed by atoms with E-state index >= 15 is 4.39 Å². The number of amides is 2. The Balaban J connectivity index is 1.12. The zero-order valence-electron chi connectivity index (χ0n) is 51.8. The Morgan fingerprint density at radius 2 is 1.59 bits per heavy atom. The van der Waals surface area contributed by atoms with Gasteiger partial charge >= 0.3 is 5.97 Å². The zero-order valence-corrected chi connectivity index (χ0v) is 51.8. The van der Waals surface area contributed by atoms with Gasteiger partial charge in [0.2, 0.25) is 11.8 Å². The molecule has 0 aromatic heterocycles. The number of rotatable bonds is 13. The van der Waals surface area contributed by atoms with Crippen molar-refractivity contribution in [1.29, 1.82) is 0 Å². The number of ether oxygens (including phenoxy) is 6. The molecule has 26 atom stereocenters. The molecule has 4 aliphatic carbocycles. The number of methoxy groups -OCH3 is 1. The van der Waals surface area contributed by atoms with Crippen LogP contribution in [0, 0.1) is 52.3 Å². The third-order valence-electron chi connectivity index (χ3n) is 21.9. The van der Waals surface area contributed by atoms with Crippen molar-refractivity contribution >= 4 is 23.6 Å². The summed E-state index contributed by atoms with van der Waals surface area (Å²) in [6.45, 7) is 24.8. The van der Waals surface area contributed by atoms with E-state index in [9.17, 15) is 49.8 Å². The molecule has 0 aromatic rings. The maximum absolute atomic E-state index is 17.8. The number of carbonyl (C=O) groups excluding carboxylic acids is 4. The van der Waals surface area contributed by atoms with Gasteiger partial charge in [-0.2, -0.15) is 0 Å². The summed E-state index contributed by atoms with van der Waals surface area (Å²) in [6.07, 6.45) is -4.81. The molecule has 0 radical (unpaired) electrons. The highest BCUT2D eigenvalue weighted by atomic mass is 19.1. The summed E-state index contributed by atoms with van der Waals surface area (Å²) in [6, 6.07) is -1.40. The third kappa shape index (κ3) is 11.8. The van der Waals surface area contributed by atoms with E-state index in [1.807, 2.05) is 39.6 Å². The van der Waals surface area contributed by atoms with Gasteiger partial charge in [0.1, 0.15) is 35.1 Å². The molecule has 20 heteroatoms. The molecular weight excluding hydrogens is 1060 g/mol. The number of aliphatic hydroxyl groups excluding tert-OH is 3. The van der Waals surface area contributed by atoms with Gasteiger partial charge in [0.05, 0.1) is 48.1 Å². The minimum absolute atomic E-state index is 0.0779. The number of hydrogen-bond acceptors (Lipinski definition) is 17. The fourth-order valence-electron chi connectivity index (χ4n) is 16.7. The maximum Gasteiger partial charge on any atom is 0.311 e. The van der Waals surface area contributed by atoms with E-state index in [1.54, 1.807) is 54.5 Å². The van der Waals surface area contributed by atoms with Crippen molar-refractivity contribution < 1.29 is 82.6 Å². The number of aliphatic hydroxyl groups is 6. The lowest BCUT2D eigenvalue weighted by atomic mass is 9.45. The highest BCUT2D eigenvalue weighted by molar-refractivity contribution is 6.01. The highest BCUT2D eigenvalue weighted by Crippen LogP contribution is 2.70. The summed E-state index contributed by atoms with van der Waals surface area (Å²) in [5.41, 5.74) is -10.1. The number of ketones is 1. The van der Waals surface area contributed by atoms with Crippen LogP contribution in [0.15, 0.2) is 23.8 Å². The number of nitrogens with one attached hydrogen (secondary N) is 2. The Morgan fingerprint density at radius 1 is 0.915 bits per heavy atom. The molecule has 0 spiro atoms. The van der Waals surface area contributed by atoms with Crippen LogP contribution in [-0.4, -0.2) is 188 Å². The topological polar surface area (TPSA) is 272 Å². The summed E-state index contributed by atoms with van der Waals surface area (Å²) >= 11 is 0. The standard InChI is InChI=1S/C62H102FN3O16/c1-17-45-60(14,75)50(70)37(8)65-52(71)33(4)29-58(12,74)51(82-55-48(69)43(66(15)18-2)27-34(5)78-55)35(6)49(36(7)54(73)80-45)81-46-31-59(13,77-16)61(76,38(9)79-46)23-19-25-64-53(72)47-32(3)26-42-41-21-20-39-28-40(67)22-24-57(39,11)62(41,63)44(68)30-56(42,47)10/h22,24,28,32-38,41-51,55,68-70,74-76H,17-21,23,25-27,29-31H2,1-16H3,(H,64,72)(H,65,71)/t32-,33-,34-,35-,36-,37-,38+,41?,42?,43+,44+,45-,46?,47-,48-,49+,50-,51-,55?,56+,57+,58-,59-,60-,61+,62+/m1/s1. The number of allylic oxidation sites excluding steroid dienone is 4. The van der Waals surface area contributed by atoms with Gasteiger partial charge < -0.3 is 74.6 Å². The molecule has 4 unspecified atom stereocenters. The van der Waals surface area contributed by atoms with Crippen molar-refractivity contribution in [2.24, 2.45) is 52.3 Å². The minimum Gasteiger partial charge on any atom is -0.459 e. The van der Waals surface area contributed by atoms with E-state index in [2.05, 4.69) is 10.6 Å². The fourth-order valence-corrected chi connectivity index (χ4v) is 16.7.